The fourth-order valence-corrected chi connectivity index (χ4v) is 38.6. The van der Waals surface area contributed by atoms with Gasteiger partial charge in [-0.15, -0.1) is 0 Å². The van der Waals surface area contributed by atoms with Crippen LogP contribution < -0.4 is 10.5 Å². The topological polar surface area (TPSA) is 58.2 Å². The first kappa shape index (κ1) is 43.9. The summed E-state index contributed by atoms with van der Waals surface area (Å²) in [5, 5.41) is 6.64. The van der Waals surface area contributed by atoms with Gasteiger partial charge >= 0.3 is 379 Å². The van der Waals surface area contributed by atoms with Gasteiger partial charge in [-0.3, -0.25) is 0 Å². The van der Waals surface area contributed by atoms with E-state index in [9.17, 15) is 9.59 Å². The van der Waals surface area contributed by atoms with Gasteiger partial charge in [0.05, 0.1) is 0 Å². The summed E-state index contributed by atoms with van der Waals surface area (Å²) in [5.41, 5.74) is 19.8. The maximum atomic E-state index is 14.0. The molecular formula is C54H54BCl2HfN2O2. The average Bonchev–Trinajstić information content (AvgIpc) is 3.88. The predicted molar refractivity (Wildman–Crippen MR) is 261 cm³/mol. The Labute approximate surface area is 376 Å². The summed E-state index contributed by atoms with van der Waals surface area (Å²) in [6.45, 7) is 16.6. The maximum absolute atomic E-state index is 14.0. The molecule has 2 atom stereocenters. The summed E-state index contributed by atoms with van der Waals surface area (Å²) in [6.07, 6.45) is 4.97. The number of rotatable bonds is 11. The Morgan fingerprint density at radius 3 is 1.29 bits per heavy atom. The van der Waals surface area contributed by atoms with Crippen LogP contribution in [0.15, 0.2) is 121 Å². The Hall–Kier alpha value is -4.74. The number of aryl methyl sites for hydroxylation is 4. The molecule has 0 bridgehead atoms. The second-order valence-corrected chi connectivity index (χ2v) is 47.9. The van der Waals surface area contributed by atoms with Crippen molar-refractivity contribution >= 4 is 56.8 Å². The molecule has 2 N–H and O–H groups in total. The summed E-state index contributed by atoms with van der Waals surface area (Å²) in [6, 6.07) is 42.7. The molecule has 0 saturated carbocycles. The zero-order valence-electron chi connectivity index (χ0n) is 36.9. The van der Waals surface area contributed by atoms with Gasteiger partial charge < -0.3 is 0 Å². The second kappa shape index (κ2) is 17.1. The molecule has 2 unspecified atom stereocenters. The molecule has 0 spiro atoms. The quantitative estimate of drug-likeness (QED) is 0.127. The number of hydrogen-bond donors (Lipinski definition) is 2. The monoisotopic (exact) mass is 1020 g/mol. The number of nitrogens with one attached hydrogen (secondary N) is 2. The summed E-state index contributed by atoms with van der Waals surface area (Å²) >= 11 is -6.53. The van der Waals surface area contributed by atoms with Crippen LogP contribution >= 0.6 is 17.2 Å². The van der Waals surface area contributed by atoms with Gasteiger partial charge in [0, 0.05) is 0 Å². The van der Waals surface area contributed by atoms with Crippen LogP contribution in [0.3, 0.4) is 0 Å². The van der Waals surface area contributed by atoms with Crippen LogP contribution in [0.5, 0.6) is 0 Å². The van der Waals surface area contributed by atoms with Gasteiger partial charge in [0.1, 0.15) is 0 Å². The van der Waals surface area contributed by atoms with E-state index >= 15 is 0 Å². The third-order valence-corrected chi connectivity index (χ3v) is 41.6. The second-order valence-electron chi connectivity index (χ2n) is 17.4. The Morgan fingerprint density at radius 1 is 0.532 bits per heavy atom. The van der Waals surface area contributed by atoms with E-state index in [4.69, 9.17) is 17.2 Å². The van der Waals surface area contributed by atoms with Crippen LogP contribution in [0, 0.1) is 41.5 Å². The average molecular weight is 1020 g/mol. The molecule has 62 heavy (non-hydrogen) atoms. The number of amides is 2. The first-order chi connectivity index (χ1) is 29.6. The number of allylic oxidation sites excluding steroid dienone is 2. The molecule has 8 rings (SSSR count). The number of hydrogen-bond acceptors (Lipinski definition) is 2. The molecule has 313 valence electrons. The number of fused-ring (bicyclic) bond motifs is 2. The van der Waals surface area contributed by atoms with E-state index in [0.29, 0.717) is 0 Å². The third kappa shape index (κ3) is 7.50. The number of carbonyl (C=O) groups excluding carboxylic acids is 2. The fraction of sp³-hybridized carbons (Fsp3) is 0.222. The first-order valence-electron chi connectivity index (χ1n) is 21.8. The Balaban J connectivity index is 1.52. The van der Waals surface area contributed by atoms with Crippen molar-refractivity contribution in [3.63, 3.8) is 0 Å². The molecular weight excluding hydrogens is 969 g/mol. The fourth-order valence-electron chi connectivity index (χ4n) is 10.2. The Kier molecular flexibility index (Phi) is 12.1. The third-order valence-electron chi connectivity index (χ3n) is 13.4. The van der Waals surface area contributed by atoms with E-state index < -0.39 is 27.8 Å². The van der Waals surface area contributed by atoms with E-state index in [-0.39, 0.29) is 24.7 Å². The van der Waals surface area contributed by atoms with E-state index in [1.165, 1.54) is 33.4 Å². The van der Waals surface area contributed by atoms with Crippen LogP contribution in [0.4, 0.5) is 0 Å². The van der Waals surface area contributed by atoms with E-state index in [2.05, 4.69) is 149 Å². The van der Waals surface area contributed by atoms with Crippen molar-refractivity contribution in [1.82, 2.24) is 10.5 Å². The SMILES string of the molecule is CCC(=O)N[B](NC(=O)CC)[Hf]([Cl])([Cl])([CH]1C(c2ccccc2)=Cc2c(-c3cc(C)cc(C)c3C)cccc21)[CH]1C(c2ccccc2)=Cc2c(-c3cc(C)cc(C)c3C)cccc21. The molecule has 2 amide bonds. The van der Waals surface area contributed by atoms with Crippen molar-refractivity contribution in [2.45, 2.75) is 75.6 Å². The molecule has 0 aliphatic heterocycles. The van der Waals surface area contributed by atoms with Crippen molar-refractivity contribution in [3.05, 3.63) is 188 Å². The van der Waals surface area contributed by atoms with Gasteiger partial charge in [-0.05, 0) is 0 Å². The minimum absolute atomic E-state index is 0.191. The molecule has 0 aromatic heterocycles. The van der Waals surface area contributed by atoms with Crippen molar-refractivity contribution in [2.75, 3.05) is 0 Å². The number of carbonyl (C=O) groups is 2. The van der Waals surface area contributed by atoms with Gasteiger partial charge in [0.15, 0.2) is 0 Å². The first-order valence-corrected chi connectivity index (χ1v) is 36.9. The van der Waals surface area contributed by atoms with E-state index in [1.54, 1.807) is 0 Å². The molecule has 4 nitrogen and oxygen atoms in total. The molecule has 6 aromatic rings. The number of benzene rings is 6. The summed E-state index contributed by atoms with van der Waals surface area (Å²) in [7, 11) is 18.3. The summed E-state index contributed by atoms with van der Waals surface area (Å²) < 4.78 is -2.21. The van der Waals surface area contributed by atoms with Crippen LogP contribution in [0.25, 0.3) is 45.6 Å². The molecule has 6 aromatic carbocycles. The van der Waals surface area contributed by atoms with Crippen LogP contribution in [0.2, 0.25) is 0 Å². The predicted octanol–water partition coefficient (Wildman–Crippen LogP) is 13.8. The van der Waals surface area contributed by atoms with Gasteiger partial charge in [-0.25, -0.2) is 0 Å². The Morgan fingerprint density at radius 2 is 0.919 bits per heavy atom. The summed E-state index contributed by atoms with van der Waals surface area (Å²) in [5.74, 6) is -0.469. The Bertz CT molecular complexity index is 2650. The van der Waals surface area contributed by atoms with Crippen LogP contribution in [-0.2, 0) is 25.5 Å². The van der Waals surface area contributed by atoms with Gasteiger partial charge in [0.2, 0.25) is 0 Å². The van der Waals surface area contributed by atoms with Crippen molar-refractivity contribution in [2.24, 2.45) is 0 Å². The van der Waals surface area contributed by atoms with Crippen molar-refractivity contribution in [3.8, 4) is 22.3 Å². The molecule has 0 saturated heterocycles. The molecule has 0 radical (unpaired) electrons. The molecule has 0 heterocycles. The van der Waals surface area contributed by atoms with Gasteiger partial charge in [0.25, 0.3) is 0 Å². The summed E-state index contributed by atoms with van der Waals surface area (Å²) in [4.78, 5) is 28.0. The molecule has 0 fully saturated rings. The van der Waals surface area contributed by atoms with Gasteiger partial charge in [-0.2, -0.15) is 0 Å². The zero-order valence-corrected chi connectivity index (χ0v) is 42.0. The van der Waals surface area contributed by atoms with E-state index in [1.807, 2.05) is 50.2 Å². The van der Waals surface area contributed by atoms with Crippen LogP contribution in [-0.4, -0.2) is 16.4 Å². The van der Waals surface area contributed by atoms with Crippen molar-refractivity contribution < 1.29 is 25.5 Å². The molecule has 2 aliphatic carbocycles. The zero-order chi connectivity index (χ0) is 44.1. The number of halogens is 2. The standard InChI is InChI=1S/2C24H21.C6H11BN2O2.2ClH.Hf/c2*1-16-12-17(2)18(3)23(13-16)22-11-7-10-20-14-21(15-24(20)22)19-8-5-4-6-9-19;1-3-5(10)8-7-9-6(11)4-2;;;/h2*4-15H,1-3H3;3-4H2,1-2H3,(H-,8,9,10,11);2*1H;/q;;;;;+1/p-1. The van der Waals surface area contributed by atoms with E-state index in [0.717, 1.165) is 66.8 Å². The van der Waals surface area contributed by atoms with Crippen LogP contribution in [0.1, 0.15) is 101 Å². The normalized spacial score (nSPS) is 16.1. The van der Waals surface area contributed by atoms with Crippen molar-refractivity contribution in [1.29, 1.82) is 0 Å². The molecule has 2 aliphatic rings. The molecule has 8 heteroatoms. The van der Waals surface area contributed by atoms with Gasteiger partial charge in [-0.1, -0.05) is 0 Å². The minimum atomic E-state index is -6.53.